The number of thiophene rings is 1. The molecular weight excluding hydrogens is 384 g/mol. The number of benzene rings is 1. The summed E-state index contributed by atoms with van der Waals surface area (Å²) in [6.45, 7) is 10.7. The van der Waals surface area contributed by atoms with Crippen molar-refractivity contribution in [3.8, 4) is 0 Å². The van der Waals surface area contributed by atoms with E-state index in [0.717, 1.165) is 33.8 Å². The first-order valence-electron chi connectivity index (χ1n) is 9.92. The van der Waals surface area contributed by atoms with Crippen LogP contribution in [0.15, 0.2) is 24.3 Å². The van der Waals surface area contributed by atoms with Crippen LogP contribution in [0.25, 0.3) is 10.2 Å². The van der Waals surface area contributed by atoms with Crippen LogP contribution in [0.4, 0.5) is 5.82 Å². The topological polar surface area (TPSA) is 76.1 Å². The molecule has 0 fully saturated rings. The quantitative estimate of drug-likeness (QED) is 0.510. The highest BCUT2D eigenvalue weighted by atomic mass is 32.1. The molecule has 1 aromatic carbocycles. The number of carbonyl (C=O) groups is 1. The van der Waals surface area contributed by atoms with E-state index in [0.29, 0.717) is 31.9 Å². The van der Waals surface area contributed by atoms with Gasteiger partial charge in [0.05, 0.1) is 5.39 Å². The van der Waals surface area contributed by atoms with E-state index in [1.165, 1.54) is 10.4 Å². The second-order valence-electron chi connectivity index (χ2n) is 6.94. The molecule has 3 rings (SSSR count). The van der Waals surface area contributed by atoms with E-state index < -0.39 is 0 Å². The van der Waals surface area contributed by atoms with Gasteiger partial charge in [0.25, 0.3) is 5.91 Å². The van der Waals surface area contributed by atoms with Crippen LogP contribution in [-0.4, -0.2) is 35.6 Å². The van der Waals surface area contributed by atoms with Gasteiger partial charge in [0, 0.05) is 36.7 Å². The number of fused-ring (bicyclic) bond motifs is 1. The first-order valence-corrected chi connectivity index (χ1v) is 10.7. The van der Waals surface area contributed by atoms with Crippen molar-refractivity contribution in [2.24, 2.45) is 0 Å². The summed E-state index contributed by atoms with van der Waals surface area (Å²) in [5, 5.41) is 7.46. The van der Waals surface area contributed by atoms with Gasteiger partial charge in [-0.3, -0.25) is 4.79 Å². The molecule has 0 saturated carbocycles. The summed E-state index contributed by atoms with van der Waals surface area (Å²) in [5.74, 6) is 1.57. The number of rotatable bonds is 9. The van der Waals surface area contributed by atoms with Crippen molar-refractivity contribution in [2.75, 3.05) is 25.1 Å². The van der Waals surface area contributed by atoms with Crippen molar-refractivity contribution in [2.45, 2.75) is 40.7 Å². The highest BCUT2D eigenvalue weighted by Gasteiger charge is 2.13. The van der Waals surface area contributed by atoms with Gasteiger partial charge in [-0.05, 0) is 57.4 Å². The van der Waals surface area contributed by atoms with Gasteiger partial charge in [0.15, 0.2) is 0 Å². The lowest BCUT2D eigenvalue weighted by Gasteiger charge is -2.10. The van der Waals surface area contributed by atoms with E-state index in [-0.39, 0.29) is 5.91 Å². The molecule has 6 nitrogen and oxygen atoms in total. The molecule has 154 valence electrons. The number of ether oxygens (including phenoxy) is 1. The van der Waals surface area contributed by atoms with Crippen LogP contribution in [-0.2, 0) is 11.3 Å². The van der Waals surface area contributed by atoms with Gasteiger partial charge in [0.1, 0.15) is 16.5 Å². The number of aryl methyl sites for hydroxylation is 3. The van der Waals surface area contributed by atoms with Gasteiger partial charge in [0.2, 0.25) is 0 Å². The molecule has 0 aliphatic rings. The Labute approximate surface area is 175 Å². The summed E-state index contributed by atoms with van der Waals surface area (Å²) in [5.41, 5.74) is 2.98. The molecule has 0 aliphatic carbocycles. The lowest BCUT2D eigenvalue weighted by Crippen LogP contribution is -2.25. The van der Waals surface area contributed by atoms with E-state index in [9.17, 15) is 4.79 Å². The van der Waals surface area contributed by atoms with Crippen molar-refractivity contribution < 1.29 is 9.53 Å². The molecule has 29 heavy (non-hydrogen) atoms. The number of amides is 1. The van der Waals surface area contributed by atoms with Crippen LogP contribution >= 0.6 is 11.3 Å². The second kappa shape index (κ2) is 9.80. The third kappa shape index (κ3) is 5.31. The molecule has 3 aromatic rings. The standard InChI is InChI=1S/C22H28N4O2S/c1-5-28-12-6-11-23-21(27)18-9-7-17(8-10-18)13-24-20-19-14(2)15(3)29-22(19)26-16(4)25-20/h7-10H,5-6,11-13H2,1-4H3,(H,23,27)(H,24,25,26). The molecule has 2 aromatic heterocycles. The summed E-state index contributed by atoms with van der Waals surface area (Å²) in [6, 6.07) is 7.66. The first-order chi connectivity index (χ1) is 14.0. The lowest BCUT2D eigenvalue weighted by molar-refractivity contribution is 0.0944. The van der Waals surface area contributed by atoms with Crippen molar-refractivity contribution >= 4 is 33.3 Å². The van der Waals surface area contributed by atoms with Crippen molar-refractivity contribution in [1.29, 1.82) is 0 Å². The second-order valence-corrected chi connectivity index (χ2v) is 8.14. The Morgan fingerprint density at radius 2 is 1.90 bits per heavy atom. The molecule has 0 unspecified atom stereocenters. The minimum absolute atomic E-state index is 0.0569. The maximum Gasteiger partial charge on any atom is 0.251 e. The fraction of sp³-hybridized carbons (Fsp3) is 0.409. The van der Waals surface area contributed by atoms with E-state index in [2.05, 4.69) is 34.4 Å². The van der Waals surface area contributed by atoms with Crippen LogP contribution in [0.2, 0.25) is 0 Å². The SMILES string of the molecule is CCOCCCNC(=O)c1ccc(CNc2nc(C)nc3sc(C)c(C)c23)cc1. The number of carbonyl (C=O) groups excluding carboxylic acids is 1. The molecule has 0 radical (unpaired) electrons. The molecule has 2 N–H and O–H groups in total. The molecule has 0 spiro atoms. The zero-order valence-electron chi connectivity index (χ0n) is 17.5. The van der Waals surface area contributed by atoms with E-state index in [4.69, 9.17) is 4.74 Å². The number of anilines is 1. The van der Waals surface area contributed by atoms with Crippen LogP contribution in [0.5, 0.6) is 0 Å². The van der Waals surface area contributed by atoms with Crippen LogP contribution in [0, 0.1) is 20.8 Å². The predicted molar refractivity (Wildman–Crippen MR) is 119 cm³/mol. The molecule has 7 heteroatoms. The average Bonchev–Trinajstić information content (AvgIpc) is 2.99. The Balaban J connectivity index is 1.61. The van der Waals surface area contributed by atoms with E-state index in [1.54, 1.807) is 11.3 Å². The molecule has 0 bridgehead atoms. The monoisotopic (exact) mass is 412 g/mol. The maximum absolute atomic E-state index is 12.2. The highest BCUT2D eigenvalue weighted by Crippen LogP contribution is 2.33. The minimum atomic E-state index is -0.0569. The van der Waals surface area contributed by atoms with Crippen LogP contribution in [0.3, 0.4) is 0 Å². The fourth-order valence-electron chi connectivity index (χ4n) is 3.07. The average molecular weight is 413 g/mol. The third-order valence-corrected chi connectivity index (χ3v) is 5.87. The Morgan fingerprint density at radius 1 is 1.14 bits per heavy atom. The maximum atomic E-state index is 12.2. The Hall–Kier alpha value is -2.51. The zero-order chi connectivity index (χ0) is 20.8. The molecule has 2 heterocycles. The van der Waals surface area contributed by atoms with Gasteiger partial charge >= 0.3 is 0 Å². The predicted octanol–water partition coefficient (Wildman–Crippen LogP) is 4.39. The molecule has 0 saturated heterocycles. The first kappa shape index (κ1) is 21.2. The van der Waals surface area contributed by atoms with Gasteiger partial charge in [-0.1, -0.05) is 12.1 Å². The summed E-state index contributed by atoms with van der Waals surface area (Å²) in [4.78, 5) is 23.7. The summed E-state index contributed by atoms with van der Waals surface area (Å²) in [7, 11) is 0. The van der Waals surface area contributed by atoms with Gasteiger partial charge in [-0.2, -0.15) is 0 Å². The number of hydrogen-bond donors (Lipinski definition) is 2. The fourth-order valence-corrected chi connectivity index (χ4v) is 4.14. The largest absolute Gasteiger partial charge is 0.382 e. The molecular formula is C22H28N4O2S. The highest BCUT2D eigenvalue weighted by molar-refractivity contribution is 7.18. The third-order valence-electron chi connectivity index (χ3n) is 4.77. The molecule has 0 aliphatic heterocycles. The normalized spacial score (nSPS) is 11.0. The van der Waals surface area contributed by atoms with Crippen LogP contribution < -0.4 is 10.6 Å². The van der Waals surface area contributed by atoms with E-state index in [1.807, 2.05) is 38.1 Å². The van der Waals surface area contributed by atoms with E-state index >= 15 is 0 Å². The van der Waals surface area contributed by atoms with Crippen molar-refractivity contribution in [3.63, 3.8) is 0 Å². The molecule has 0 atom stereocenters. The van der Waals surface area contributed by atoms with Gasteiger partial charge in [-0.25, -0.2) is 9.97 Å². The van der Waals surface area contributed by atoms with Crippen molar-refractivity contribution in [3.05, 3.63) is 51.7 Å². The minimum Gasteiger partial charge on any atom is -0.382 e. The van der Waals surface area contributed by atoms with Gasteiger partial charge in [-0.15, -0.1) is 11.3 Å². The number of hydrogen-bond acceptors (Lipinski definition) is 6. The van der Waals surface area contributed by atoms with Crippen molar-refractivity contribution in [1.82, 2.24) is 15.3 Å². The molecule has 1 amide bonds. The number of nitrogens with zero attached hydrogens (tertiary/aromatic N) is 2. The van der Waals surface area contributed by atoms with Crippen LogP contribution in [0.1, 0.15) is 45.5 Å². The van der Waals surface area contributed by atoms with Gasteiger partial charge < -0.3 is 15.4 Å². The Morgan fingerprint density at radius 3 is 2.62 bits per heavy atom. The lowest BCUT2D eigenvalue weighted by atomic mass is 10.1. The smallest absolute Gasteiger partial charge is 0.251 e. The zero-order valence-corrected chi connectivity index (χ0v) is 18.3. The summed E-state index contributed by atoms with van der Waals surface area (Å²) >= 11 is 1.70. The Kier molecular flexibility index (Phi) is 7.17. The summed E-state index contributed by atoms with van der Waals surface area (Å²) < 4.78 is 5.28. The Bertz CT molecular complexity index is 983. The summed E-state index contributed by atoms with van der Waals surface area (Å²) in [6.07, 6.45) is 0.815. The number of nitrogens with one attached hydrogen (secondary N) is 2. The number of aromatic nitrogens is 2.